The van der Waals surface area contributed by atoms with E-state index in [4.69, 9.17) is 0 Å². The van der Waals surface area contributed by atoms with Crippen molar-refractivity contribution in [2.45, 2.75) is 32.7 Å². The molecule has 0 bridgehead atoms. The minimum atomic E-state index is -0.205. The molecule has 0 atom stereocenters. The number of carbonyl (C=O) groups excluding carboxylic acids is 1. The van der Waals surface area contributed by atoms with Crippen LogP contribution in [-0.4, -0.2) is 43.4 Å². The molecule has 1 heterocycles. The van der Waals surface area contributed by atoms with E-state index in [9.17, 15) is 9.18 Å². The molecule has 0 aliphatic carbocycles. The maximum atomic E-state index is 13.3. The van der Waals surface area contributed by atoms with E-state index in [1.54, 1.807) is 26.1 Å². The lowest BCUT2D eigenvalue weighted by molar-refractivity contribution is -0.130. The number of aryl methyl sites for hydroxylation is 1. The average molecular weight is 448 g/mol. The normalized spacial score (nSPS) is 14.8. The van der Waals surface area contributed by atoms with Crippen molar-refractivity contribution in [1.29, 1.82) is 0 Å². The second-order valence-electron chi connectivity index (χ2n) is 5.80. The van der Waals surface area contributed by atoms with E-state index in [1.807, 2.05) is 4.90 Å². The first-order valence-corrected chi connectivity index (χ1v) is 8.07. The summed E-state index contributed by atoms with van der Waals surface area (Å²) in [6, 6.07) is 5.00. The quantitative estimate of drug-likeness (QED) is 0.423. The van der Waals surface area contributed by atoms with E-state index < -0.39 is 0 Å². The smallest absolute Gasteiger partial charge is 0.241 e. The molecule has 0 aromatic heterocycles. The maximum Gasteiger partial charge on any atom is 0.241 e. The van der Waals surface area contributed by atoms with Crippen LogP contribution < -0.4 is 10.6 Å². The van der Waals surface area contributed by atoms with Crippen molar-refractivity contribution in [2.75, 3.05) is 26.7 Å². The number of halogens is 2. The molecule has 24 heavy (non-hydrogen) atoms. The average Bonchev–Trinajstić information content (AvgIpc) is 2.58. The number of nitrogens with one attached hydrogen (secondary N) is 2. The Balaban J connectivity index is 0.00000288. The minimum Gasteiger partial charge on any atom is -0.352 e. The number of carbonyl (C=O) groups is 1. The Kier molecular flexibility index (Phi) is 9.02. The number of nitrogens with zero attached hydrogens (tertiary/aromatic N) is 2. The molecule has 2 rings (SSSR count). The van der Waals surface area contributed by atoms with Gasteiger partial charge in [0.15, 0.2) is 5.96 Å². The van der Waals surface area contributed by atoms with Crippen LogP contribution in [0.1, 0.15) is 30.4 Å². The largest absolute Gasteiger partial charge is 0.352 e. The SMILES string of the molecule is CN=C(NCC(=O)N1CCCCC1)NCc1ccc(F)c(C)c1.I. The molecule has 0 spiro atoms. The Morgan fingerprint density at radius 2 is 1.96 bits per heavy atom. The van der Waals surface area contributed by atoms with Crippen LogP contribution in [0.2, 0.25) is 0 Å². The summed E-state index contributed by atoms with van der Waals surface area (Å²) in [6.07, 6.45) is 3.38. The molecule has 5 nitrogen and oxygen atoms in total. The number of likely N-dealkylation sites (tertiary alicyclic amines) is 1. The van der Waals surface area contributed by atoms with Gasteiger partial charge in [0.2, 0.25) is 5.91 Å². The first-order valence-electron chi connectivity index (χ1n) is 8.07. The molecule has 7 heteroatoms. The second-order valence-corrected chi connectivity index (χ2v) is 5.80. The fraction of sp³-hybridized carbons (Fsp3) is 0.529. The number of piperidine rings is 1. The molecule has 0 saturated carbocycles. The lowest BCUT2D eigenvalue weighted by Gasteiger charge is -2.27. The molecule has 0 radical (unpaired) electrons. The third-order valence-corrected chi connectivity index (χ3v) is 4.02. The van der Waals surface area contributed by atoms with Gasteiger partial charge in [-0.25, -0.2) is 4.39 Å². The highest BCUT2D eigenvalue weighted by molar-refractivity contribution is 14.0. The number of amides is 1. The van der Waals surface area contributed by atoms with Crippen LogP contribution >= 0.6 is 24.0 Å². The van der Waals surface area contributed by atoms with Crippen LogP contribution in [0.4, 0.5) is 4.39 Å². The molecule has 1 aromatic rings. The monoisotopic (exact) mass is 448 g/mol. The van der Waals surface area contributed by atoms with Crippen LogP contribution in [-0.2, 0) is 11.3 Å². The van der Waals surface area contributed by atoms with Crippen molar-refractivity contribution < 1.29 is 9.18 Å². The van der Waals surface area contributed by atoms with Crippen molar-refractivity contribution in [3.05, 3.63) is 35.1 Å². The third kappa shape index (κ3) is 6.26. The molecular weight excluding hydrogens is 422 g/mol. The maximum absolute atomic E-state index is 13.3. The molecule has 1 aromatic carbocycles. The van der Waals surface area contributed by atoms with E-state index >= 15 is 0 Å². The summed E-state index contributed by atoms with van der Waals surface area (Å²) in [5.41, 5.74) is 1.58. The van der Waals surface area contributed by atoms with Gasteiger partial charge in [0.1, 0.15) is 5.82 Å². The lowest BCUT2D eigenvalue weighted by atomic mass is 10.1. The summed E-state index contributed by atoms with van der Waals surface area (Å²) >= 11 is 0. The second kappa shape index (κ2) is 10.5. The van der Waals surface area contributed by atoms with E-state index in [0.717, 1.165) is 31.5 Å². The van der Waals surface area contributed by atoms with Gasteiger partial charge in [-0.3, -0.25) is 9.79 Å². The Morgan fingerprint density at radius 3 is 2.58 bits per heavy atom. The molecule has 2 N–H and O–H groups in total. The van der Waals surface area contributed by atoms with Crippen molar-refractivity contribution >= 4 is 35.8 Å². The van der Waals surface area contributed by atoms with Crippen molar-refractivity contribution in [2.24, 2.45) is 4.99 Å². The van der Waals surface area contributed by atoms with Gasteiger partial charge in [0.25, 0.3) is 0 Å². The van der Waals surface area contributed by atoms with E-state index in [0.29, 0.717) is 18.1 Å². The fourth-order valence-electron chi connectivity index (χ4n) is 2.64. The molecule has 1 aliphatic heterocycles. The highest BCUT2D eigenvalue weighted by Gasteiger charge is 2.16. The van der Waals surface area contributed by atoms with Crippen LogP contribution in [0.25, 0.3) is 0 Å². The van der Waals surface area contributed by atoms with Crippen LogP contribution in [0.15, 0.2) is 23.2 Å². The number of rotatable bonds is 4. The minimum absolute atomic E-state index is 0. The van der Waals surface area contributed by atoms with Gasteiger partial charge in [-0.15, -0.1) is 24.0 Å². The molecule has 134 valence electrons. The van der Waals surface area contributed by atoms with Crippen molar-refractivity contribution in [3.8, 4) is 0 Å². The molecular formula is C17H26FIN4O. The summed E-state index contributed by atoms with van der Waals surface area (Å²) in [7, 11) is 1.66. The molecule has 1 amide bonds. The van der Waals surface area contributed by atoms with Crippen LogP contribution in [0.3, 0.4) is 0 Å². The zero-order valence-electron chi connectivity index (χ0n) is 14.3. The third-order valence-electron chi connectivity index (χ3n) is 4.02. The van der Waals surface area contributed by atoms with Gasteiger partial charge < -0.3 is 15.5 Å². The molecule has 1 fully saturated rings. The van der Waals surface area contributed by atoms with Gasteiger partial charge in [0.05, 0.1) is 6.54 Å². The van der Waals surface area contributed by atoms with Gasteiger partial charge >= 0.3 is 0 Å². The zero-order valence-corrected chi connectivity index (χ0v) is 16.6. The Bertz CT molecular complexity index is 574. The number of guanidine groups is 1. The van der Waals surface area contributed by atoms with Crippen LogP contribution in [0, 0.1) is 12.7 Å². The summed E-state index contributed by atoms with van der Waals surface area (Å²) in [5, 5.41) is 6.17. The number of hydrogen-bond donors (Lipinski definition) is 2. The van der Waals surface area contributed by atoms with Gasteiger partial charge in [-0.1, -0.05) is 12.1 Å². The Hall–Kier alpha value is -1.38. The van der Waals surface area contributed by atoms with Crippen LogP contribution in [0.5, 0.6) is 0 Å². The molecule has 0 unspecified atom stereocenters. The van der Waals surface area contributed by atoms with Gasteiger partial charge in [0, 0.05) is 26.7 Å². The lowest BCUT2D eigenvalue weighted by Crippen LogP contribution is -2.45. The van der Waals surface area contributed by atoms with E-state index in [2.05, 4.69) is 15.6 Å². The number of hydrogen-bond acceptors (Lipinski definition) is 2. The first kappa shape index (κ1) is 20.7. The Labute approximate surface area is 160 Å². The standard InChI is InChI=1S/C17H25FN4O.HI/c1-13-10-14(6-7-15(13)18)11-20-17(19-2)21-12-16(23)22-8-4-3-5-9-22;/h6-7,10H,3-5,8-9,11-12H2,1-2H3,(H2,19,20,21);1H. The van der Waals surface area contributed by atoms with Gasteiger partial charge in [-0.2, -0.15) is 0 Å². The molecule has 1 aliphatic rings. The van der Waals surface area contributed by atoms with E-state index in [-0.39, 0.29) is 42.2 Å². The summed E-state index contributed by atoms with van der Waals surface area (Å²) < 4.78 is 13.3. The number of aliphatic imine (C=N–C) groups is 1. The summed E-state index contributed by atoms with van der Waals surface area (Å²) in [4.78, 5) is 18.1. The zero-order chi connectivity index (χ0) is 16.7. The number of benzene rings is 1. The predicted octanol–water partition coefficient (Wildman–Crippen LogP) is 2.43. The van der Waals surface area contributed by atoms with E-state index in [1.165, 1.54) is 12.5 Å². The topological polar surface area (TPSA) is 56.7 Å². The molecule has 1 saturated heterocycles. The van der Waals surface area contributed by atoms with Crippen molar-refractivity contribution in [3.63, 3.8) is 0 Å². The van der Waals surface area contributed by atoms with Gasteiger partial charge in [-0.05, 0) is 43.4 Å². The van der Waals surface area contributed by atoms with Crippen molar-refractivity contribution in [1.82, 2.24) is 15.5 Å². The highest BCUT2D eigenvalue weighted by Crippen LogP contribution is 2.09. The predicted molar refractivity (Wildman–Crippen MR) is 105 cm³/mol. The summed E-state index contributed by atoms with van der Waals surface area (Å²) in [6.45, 7) is 4.20. The highest BCUT2D eigenvalue weighted by atomic mass is 127. The first-order chi connectivity index (χ1) is 11.1. The summed E-state index contributed by atoms with van der Waals surface area (Å²) in [5.74, 6) is 0.464. The fourth-order valence-corrected chi connectivity index (χ4v) is 2.64. The Morgan fingerprint density at radius 1 is 1.25 bits per heavy atom.